The predicted octanol–water partition coefficient (Wildman–Crippen LogP) is 1.28. The molecule has 1 fully saturated rings. The third-order valence-electron chi connectivity index (χ3n) is 2.56. The van der Waals surface area contributed by atoms with E-state index in [4.69, 9.17) is 20.9 Å². The Morgan fingerprint density at radius 1 is 1.38 bits per heavy atom. The van der Waals surface area contributed by atoms with Gasteiger partial charge in [0.25, 0.3) is 0 Å². The van der Waals surface area contributed by atoms with Gasteiger partial charge in [0.1, 0.15) is 17.6 Å². The lowest BCUT2D eigenvalue weighted by molar-refractivity contribution is 0.0247. The summed E-state index contributed by atoms with van der Waals surface area (Å²) in [5.41, 5.74) is 5.59. The van der Waals surface area contributed by atoms with Gasteiger partial charge in [-0.1, -0.05) is 0 Å². The Kier molecular flexibility index (Phi) is 2.95. The molecule has 0 bridgehead atoms. The highest BCUT2D eigenvalue weighted by Gasteiger charge is 2.28. The van der Waals surface area contributed by atoms with Crippen molar-refractivity contribution >= 4 is 5.69 Å². The normalized spacial score (nSPS) is 23.8. The lowest BCUT2D eigenvalue weighted by Gasteiger charge is -2.33. The zero-order chi connectivity index (χ0) is 11.7. The molecule has 6 heteroatoms. The van der Waals surface area contributed by atoms with Crippen LogP contribution in [0.15, 0.2) is 18.2 Å². The quantitative estimate of drug-likeness (QED) is 0.679. The first-order chi connectivity index (χ1) is 7.56. The second-order valence-electron chi connectivity index (χ2n) is 3.87. The van der Waals surface area contributed by atoms with Gasteiger partial charge in [-0.05, 0) is 25.0 Å². The minimum absolute atomic E-state index is 0.00173. The van der Waals surface area contributed by atoms with E-state index in [-0.39, 0.29) is 28.8 Å². The number of hydrogen-bond donors (Lipinski definition) is 3. The average molecular weight is 228 g/mol. The predicted molar refractivity (Wildman–Crippen MR) is 54.1 cm³/mol. The number of benzene rings is 1. The minimum Gasteiger partial charge on any atom is -0.488 e. The molecular formula is C10H13FN2O3. The third-order valence-corrected chi connectivity index (χ3v) is 2.56. The Balaban J connectivity index is 2.14. The molecule has 0 saturated heterocycles. The molecule has 0 aliphatic heterocycles. The monoisotopic (exact) mass is 228 g/mol. The molecule has 5 nitrogen and oxygen atoms in total. The van der Waals surface area contributed by atoms with Crippen LogP contribution in [0.3, 0.4) is 0 Å². The molecule has 0 amide bonds. The van der Waals surface area contributed by atoms with Gasteiger partial charge in [0.05, 0.1) is 0 Å². The SMILES string of the molecule is NC1CC(Oc2cc(F)ccc2N(O)O)C1. The number of anilines is 1. The average Bonchev–Trinajstić information content (AvgIpc) is 2.15. The van der Waals surface area contributed by atoms with E-state index in [9.17, 15) is 4.39 Å². The van der Waals surface area contributed by atoms with Gasteiger partial charge in [-0.2, -0.15) is 0 Å². The molecule has 0 atom stereocenters. The van der Waals surface area contributed by atoms with E-state index in [1.54, 1.807) is 0 Å². The van der Waals surface area contributed by atoms with Gasteiger partial charge in [-0.3, -0.25) is 10.4 Å². The molecule has 2 rings (SSSR count). The molecule has 0 unspecified atom stereocenters. The number of halogens is 1. The zero-order valence-electron chi connectivity index (χ0n) is 8.51. The van der Waals surface area contributed by atoms with E-state index in [2.05, 4.69) is 0 Å². The van der Waals surface area contributed by atoms with E-state index >= 15 is 0 Å². The number of nitrogens with zero attached hydrogens (tertiary/aromatic N) is 1. The maximum atomic E-state index is 13.0. The highest BCUT2D eigenvalue weighted by Crippen LogP contribution is 2.32. The molecule has 1 saturated carbocycles. The van der Waals surface area contributed by atoms with Crippen LogP contribution >= 0.6 is 0 Å². The summed E-state index contributed by atoms with van der Waals surface area (Å²) in [5.74, 6) is -0.397. The summed E-state index contributed by atoms with van der Waals surface area (Å²) in [4.78, 5) is 0. The number of hydrogen-bond acceptors (Lipinski definition) is 5. The first-order valence-electron chi connectivity index (χ1n) is 4.96. The molecule has 0 spiro atoms. The van der Waals surface area contributed by atoms with Gasteiger partial charge in [-0.15, -0.1) is 5.23 Å². The molecule has 1 aliphatic carbocycles. The summed E-state index contributed by atoms with van der Waals surface area (Å²) in [7, 11) is 0. The molecular weight excluding hydrogens is 215 g/mol. The summed E-state index contributed by atoms with van der Waals surface area (Å²) < 4.78 is 18.4. The van der Waals surface area contributed by atoms with Crippen molar-refractivity contribution in [2.75, 3.05) is 5.23 Å². The molecule has 1 aromatic rings. The molecule has 88 valence electrons. The molecule has 0 heterocycles. The topological polar surface area (TPSA) is 79.0 Å². The maximum absolute atomic E-state index is 13.0. The Bertz CT molecular complexity index is 380. The standard InChI is InChI=1S/C10H13FN2O3/c11-6-1-2-9(13(14)15)10(3-6)16-8-4-7(12)5-8/h1-3,7-8,14-15H,4-5,12H2. The Labute approximate surface area is 91.8 Å². The van der Waals surface area contributed by atoms with Gasteiger partial charge in [0, 0.05) is 12.1 Å². The van der Waals surface area contributed by atoms with Crippen molar-refractivity contribution in [2.45, 2.75) is 25.0 Å². The van der Waals surface area contributed by atoms with E-state index < -0.39 is 5.82 Å². The van der Waals surface area contributed by atoms with Crippen LogP contribution in [-0.2, 0) is 0 Å². The van der Waals surface area contributed by atoms with Gasteiger partial charge in [-0.25, -0.2) is 4.39 Å². The largest absolute Gasteiger partial charge is 0.488 e. The van der Waals surface area contributed by atoms with Crippen molar-refractivity contribution in [3.05, 3.63) is 24.0 Å². The van der Waals surface area contributed by atoms with E-state index in [1.165, 1.54) is 6.07 Å². The first kappa shape index (κ1) is 11.1. The summed E-state index contributed by atoms with van der Waals surface area (Å²) in [6.07, 6.45) is 1.29. The fourth-order valence-electron chi connectivity index (χ4n) is 1.63. The van der Waals surface area contributed by atoms with Crippen molar-refractivity contribution in [3.63, 3.8) is 0 Å². The lowest BCUT2D eigenvalue weighted by Crippen LogP contribution is -2.43. The maximum Gasteiger partial charge on any atom is 0.151 e. The summed E-state index contributed by atoms with van der Waals surface area (Å²) in [6.45, 7) is 0. The van der Waals surface area contributed by atoms with Gasteiger partial charge >= 0.3 is 0 Å². The third kappa shape index (κ3) is 2.24. The molecule has 0 aromatic heterocycles. The number of rotatable bonds is 3. The smallest absolute Gasteiger partial charge is 0.151 e. The van der Waals surface area contributed by atoms with Crippen LogP contribution < -0.4 is 15.7 Å². The Morgan fingerprint density at radius 3 is 2.62 bits per heavy atom. The van der Waals surface area contributed by atoms with Crippen LogP contribution in [0.5, 0.6) is 5.75 Å². The van der Waals surface area contributed by atoms with E-state index in [0.717, 1.165) is 12.1 Å². The van der Waals surface area contributed by atoms with Crippen molar-refractivity contribution in [1.29, 1.82) is 0 Å². The zero-order valence-corrected chi connectivity index (χ0v) is 8.51. The second kappa shape index (κ2) is 4.25. The van der Waals surface area contributed by atoms with Gasteiger partial charge in [0.2, 0.25) is 0 Å². The molecule has 4 N–H and O–H groups in total. The fraction of sp³-hybridized carbons (Fsp3) is 0.400. The first-order valence-corrected chi connectivity index (χ1v) is 4.96. The minimum atomic E-state index is -0.496. The van der Waals surface area contributed by atoms with Gasteiger partial charge < -0.3 is 10.5 Å². The van der Waals surface area contributed by atoms with Crippen LogP contribution in [0.1, 0.15) is 12.8 Å². The van der Waals surface area contributed by atoms with Crippen molar-refractivity contribution in [3.8, 4) is 5.75 Å². The number of ether oxygens (including phenoxy) is 1. The fourth-order valence-corrected chi connectivity index (χ4v) is 1.63. The van der Waals surface area contributed by atoms with Crippen LogP contribution in [0.25, 0.3) is 0 Å². The van der Waals surface area contributed by atoms with Crippen molar-refractivity contribution in [2.24, 2.45) is 5.73 Å². The Hall–Kier alpha value is -1.37. The van der Waals surface area contributed by atoms with Gasteiger partial charge in [0.15, 0.2) is 5.75 Å². The van der Waals surface area contributed by atoms with E-state index in [0.29, 0.717) is 12.8 Å². The van der Waals surface area contributed by atoms with Crippen LogP contribution in [-0.4, -0.2) is 22.6 Å². The van der Waals surface area contributed by atoms with Crippen LogP contribution in [0.2, 0.25) is 0 Å². The molecule has 0 radical (unpaired) electrons. The molecule has 1 aliphatic rings. The van der Waals surface area contributed by atoms with Crippen LogP contribution in [0, 0.1) is 5.82 Å². The summed E-state index contributed by atoms with van der Waals surface area (Å²) in [6, 6.07) is 3.57. The second-order valence-corrected chi connectivity index (χ2v) is 3.87. The summed E-state index contributed by atoms with van der Waals surface area (Å²) >= 11 is 0. The molecule has 16 heavy (non-hydrogen) atoms. The Morgan fingerprint density at radius 2 is 2.06 bits per heavy atom. The van der Waals surface area contributed by atoms with Crippen LogP contribution in [0.4, 0.5) is 10.1 Å². The number of nitrogens with two attached hydrogens (primary N) is 1. The summed E-state index contributed by atoms with van der Waals surface area (Å²) in [5, 5.41) is 17.7. The highest BCUT2D eigenvalue weighted by atomic mass is 19.1. The highest BCUT2D eigenvalue weighted by molar-refractivity contribution is 5.55. The van der Waals surface area contributed by atoms with Crippen molar-refractivity contribution in [1.82, 2.24) is 0 Å². The van der Waals surface area contributed by atoms with E-state index in [1.807, 2.05) is 0 Å². The lowest BCUT2D eigenvalue weighted by atomic mass is 9.90. The molecule has 1 aromatic carbocycles. The van der Waals surface area contributed by atoms with Crippen molar-refractivity contribution < 1.29 is 19.5 Å².